The molecule has 0 aliphatic heterocycles. The van der Waals surface area contributed by atoms with Crippen LogP contribution in [0.3, 0.4) is 0 Å². The number of rotatable bonds is 6. The Hall–Kier alpha value is -1.06. The maximum absolute atomic E-state index is 9.09. The van der Waals surface area contributed by atoms with E-state index in [-0.39, 0.29) is 0 Å². The molecule has 0 fully saturated rings. The van der Waals surface area contributed by atoms with Gasteiger partial charge in [-0.2, -0.15) is 0 Å². The van der Waals surface area contributed by atoms with Gasteiger partial charge in [-0.05, 0) is 31.2 Å². The van der Waals surface area contributed by atoms with E-state index in [1.165, 1.54) is 5.56 Å². The molecule has 1 rings (SSSR count). The normalized spacial score (nSPS) is 12.5. The topological polar surface area (TPSA) is 41.5 Å². The molecule has 15 heavy (non-hydrogen) atoms. The van der Waals surface area contributed by atoms with E-state index in [1.807, 2.05) is 18.2 Å². The maximum Gasteiger partial charge on any atom is 0.119 e. The van der Waals surface area contributed by atoms with Crippen molar-refractivity contribution in [3.8, 4) is 5.75 Å². The Morgan fingerprint density at radius 1 is 1.47 bits per heavy atom. The average molecular weight is 209 g/mol. The zero-order chi connectivity index (χ0) is 11.1. The van der Waals surface area contributed by atoms with Gasteiger partial charge in [-0.3, -0.25) is 0 Å². The zero-order valence-electron chi connectivity index (χ0n) is 9.36. The van der Waals surface area contributed by atoms with Gasteiger partial charge in [-0.1, -0.05) is 19.1 Å². The van der Waals surface area contributed by atoms with Gasteiger partial charge in [0.05, 0.1) is 6.10 Å². The van der Waals surface area contributed by atoms with Crippen molar-refractivity contribution in [1.82, 2.24) is 5.32 Å². The van der Waals surface area contributed by atoms with E-state index in [1.54, 1.807) is 6.92 Å². The average Bonchev–Trinajstić information content (AvgIpc) is 2.24. The lowest BCUT2D eigenvalue weighted by atomic mass is 10.2. The van der Waals surface area contributed by atoms with Gasteiger partial charge in [0.15, 0.2) is 0 Å². The first kappa shape index (κ1) is 12.0. The number of hydrogen-bond acceptors (Lipinski definition) is 3. The molecule has 1 unspecified atom stereocenters. The lowest BCUT2D eigenvalue weighted by molar-refractivity contribution is 0.122. The molecular weight excluding hydrogens is 190 g/mol. The number of hydrogen-bond donors (Lipinski definition) is 2. The van der Waals surface area contributed by atoms with Gasteiger partial charge in [0.1, 0.15) is 12.4 Å². The fraction of sp³-hybridized carbons (Fsp3) is 0.500. The van der Waals surface area contributed by atoms with Crippen molar-refractivity contribution in [2.75, 3.05) is 13.2 Å². The molecule has 3 heteroatoms. The van der Waals surface area contributed by atoms with E-state index >= 15 is 0 Å². The molecule has 1 atom stereocenters. The molecule has 1 aromatic rings. The van der Waals surface area contributed by atoms with Crippen LogP contribution in [0.5, 0.6) is 5.75 Å². The second-order valence-electron chi connectivity index (χ2n) is 3.59. The minimum absolute atomic E-state index is 0.338. The van der Waals surface area contributed by atoms with Crippen molar-refractivity contribution in [2.45, 2.75) is 26.5 Å². The summed E-state index contributed by atoms with van der Waals surface area (Å²) in [7, 11) is 0. The van der Waals surface area contributed by atoms with Crippen molar-refractivity contribution in [3.63, 3.8) is 0 Å². The molecule has 0 amide bonds. The standard InChI is InChI=1S/C12H19NO2/c1-3-13-8-11-5-4-6-12(7-11)15-9-10(2)14/h4-7,10,13-14H,3,8-9H2,1-2H3. The summed E-state index contributed by atoms with van der Waals surface area (Å²) in [4.78, 5) is 0. The Balaban J connectivity index is 2.50. The van der Waals surface area contributed by atoms with Gasteiger partial charge >= 0.3 is 0 Å². The van der Waals surface area contributed by atoms with Crippen LogP contribution in [0, 0.1) is 0 Å². The molecule has 0 spiro atoms. The summed E-state index contributed by atoms with van der Waals surface area (Å²) in [5.41, 5.74) is 1.19. The lowest BCUT2D eigenvalue weighted by Crippen LogP contribution is -2.14. The monoisotopic (exact) mass is 209 g/mol. The van der Waals surface area contributed by atoms with Crippen LogP contribution in [-0.4, -0.2) is 24.4 Å². The Bertz CT molecular complexity index is 287. The third kappa shape index (κ3) is 4.81. The predicted octanol–water partition coefficient (Wildman–Crippen LogP) is 1.56. The SMILES string of the molecule is CCNCc1cccc(OCC(C)O)c1. The number of nitrogens with one attached hydrogen (secondary N) is 1. The number of aliphatic hydroxyl groups excluding tert-OH is 1. The highest BCUT2D eigenvalue weighted by atomic mass is 16.5. The Morgan fingerprint density at radius 2 is 2.27 bits per heavy atom. The van der Waals surface area contributed by atoms with Crippen LogP contribution in [-0.2, 0) is 6.54 Å². The van der Waals surface area contributed by atoms with Crippen LogP contribution in [0.25, 0.3) is 0 Å². The van der Waals surface area contributed by atoms with Crippen LogP contribution < -0.4 is 10.1 Å². The maximum atomic E-state index is 9.09. The quantitative estimate of drug-likeness (QED) is 0.747. The number of aliphatic hydroxyl groups is 1. The van der Waals surface area contributed by atoms with Crippen molar-refractivity contribution in [1.29, 1.82) is 0 Å². The molecule has 0 aliphatic carbocycles. The fourth-order valence-electron chi connectivity index (χ4n) is 1.23. The lowest BCUT2D eigenvalue weighted by Gasteiger charge is -2.09. The van der Waals surface area contributed by atoms with E-state index in [4.69, 9.17) is 9.84 Å². The molecule has 0 heterocycles. The third-order valence-corrected chi connectivity index (χ3v) is 1.97. The molecule has 0 saturated carbocycles. The summed E-state index contributed by atoms with van der Waals surface area (Å²) in [6.07, 6.45) is -0.428. The highest BCUT2D eigenvalue weighted by Gasteiger charge is 1.99. The number of ether oxygens (including phenoxy) is 1. The first-order chi connectivity index (χ1) is 7.22. The van der Waals surface area contributed by atoms with Gasteiger partial charge in [0.2, 0.25) is 0 Å². The largest absolute Gasteiger partial charge is 0.491 e. The molecule has 0 radical (unpaired) electrons. The van der Waals surface area contributed by atoms with Gasteiger partial charge in [-0.25, -0.2) is 0 Å². The molecular formula is C12H19NO2. The van der Waals surface area contributed by atoms with E-state index in [2.05, 4.69) is 18.3 Å². The van der Waals surface area contributed by atoms with Gasteiger partial charge in [0, 0.05) is 6.54 Å². The molecule has 1 aromatic carbocycles. The highest BCUT2D eigenvalue weighted by molar-refractivity contribution is 5.28. The van der Waals surface area contributed by atoms with E-state index < -0.39 is 6.10 Å². The second kappa shape index (κ2) is 6.43. The van der Waals surface area contributed by atoms with Crippen molar-refractivity contribution in [3.05, 3.63) is 29.8 Å². The van der Waals surface area contributed by atoms with Gasteiger partial charge in [-0.15, -0.1) is 0 Å². The molecule has 0 saturated heterocycles. The number of benzene rings is 1. The van der Waals surface area contributed by atoms with Gasteiger partial charge in [0.25, 0.3) is 0 Å². The highest BCUT2D eigenvalue weighted by Crippen LogP contribution is 2.13. The van der Waals surface area contributed by atoms with Crippen LogP contribution in [0.4, 0.5) is 0 Å². The van der Waals surface area contributed by atoms with Crippen molar-refractivity contribution < 1.29 is 9.84 Å². The van der Waals surface area contributed by atoms with Crippen LogP contribution in [0.1, 0.15) is 19.4 Å². The molecule has 0 aliphatic rings. The Kier molecular flexibility index (Phi) is 5.15. The Morgan fingerprint density at radius 3 is 2.93 bits per heavy atom. The molecule has 0 bridgehead atoms. The van der Waals surface area contributed by atoms with Crippen LogP contribution >= 0.6 is 0 Å². The summed E-state index contributed by atoms with van der Waals surface area (Å²) in [6, 6.07) is 7.91. The van der Waals surface area contributed by atoms with E-state index in [0.717, 1.165) is 18.8 Å². The van der Waals surface area contributed by atoms with Crippen LogP contribution in [0.2, 0.25) is 0 Å². The summed E-state index contributed by atoms with van der Waals surface area (Å²) in [5, 5.41) is 12.3. The minimum atomic E-state index is -0.428. The minimum Gasteiger partial charge on any atom is -0.491 e. The van der Waals surface area contributed by atoms with E-state index in [0.29, 0.717) is 6.61 Å². The second-order valence-corrected chi connectivity index (χ2v) is 3.59. The van der Waals surface area contributed by atoms with Crippen molar-refractivity contribution >= 4 is 0 Å². The molecule has 2 N–H and O–H groups in total. The first-order valence-electron chi connectivity index (χ1n) is 5.33. The fourth-order valence-corrected chi connectivity index (χ4v) is 1.23. The summed E-state index contributed by atoms with van der Waals surface area (Å²) in [6.45, 7) is 5.93. The smallest absolute Gasteiger partial charge is 0.119 e. The summed E-state index contributed by atoms with van der Waals surface area (Å²) < 4.78 is 5.41. The summed E-state index contributed by atoms with van der Waals surface area (Å²) >= 11 is 0. The Labute approximate surface area is 91.1 Å². The molecule has 0 aromatic heterocycles. The third-order valence-electron chi connectivity index (χ3n) is 1.97. The van der Waals surface area contributed by atoms with Crippen molar-refractivity contribution in [2.24, 2.45) is 0 Å². The molecule has 84 valence electrons. The zero-order valence-corrected chi connectivity index (χ0v) is 9.36. The predicted molar refractivity (Wildman–Crippen MR) is 61.0 cm³/mol. The molecule has 3 nitrogen and oxygen atoms in total. The van der Waals surface area contributed by atoms with E-state index in [9.17, 15) is 0 Å². The van der Waals surface area contributed by atoms with Gasteiger partial charge < -0.3 is 15.2 Å². The summed E-state index contributed by atoms with van der Waals surface area (Å²) in [5.74, 6) is 0.811. The first-order valence-corrected chi connectivity index (χ1v) is 5.33. The van der Waals surface area contributed by atoms with Crippen LogP contribution in [0.15, 0.2) is 24.3 Å².